The van der Waals surface area contributed by atoms with Crippen LogP contribution in [0, 0.1) is 17.8 Å². The normalized spacial score (nSPS) is 32.5. The highest BCUT2D eigenvalue weighted by molar-refractivity contribution is 5.70. The Morgan fingerprint density at radius 1 is 1.12 bits per heavy atom. The second kappa shape index (κ2) is 5.85. The summed E-state index contributed by atoms with van der Waals surface area (Å²) < 4.78 is 0. The quantitative estimate of drug-likeness (QED) is 0.823. The van der Waals surface area contributed by atoms with Crippen molar-refractivity contribution in [2.24, 2.45) is 17.8 Å². The first kappa shape index (κ1) is 12.9. The van der Waals surface area contributed by atoms with Crippen LogP contribution in [-0.4, -0.2) is 35.6 Å². The Hall–Kier alpha value is -0.570. The van der Waals surface area contributed by atoms with Crippen LogP contribution in [0.15, 0.2) is 0 Å². The molecule has 0 amide bonds. The molecule has 2 fully saturated rings. The Morgan fingerprint density at radius 2 is 1.71 bits per heavy atom. The van der Waals surface area contributed by atoms with Crippen molar-refractivity contribution >= 4 is 5.97 Å². The van der Waals surface area contributed by atoms with E-state index in [-0.39, 0.29) is 5.92 Å². The number of carbonyl (C=O) groups is 1. The van der Waals surface area contributed by atoms with Crippen molar-refractivity contribution in [3.8, 4) is 0 Å². The van der Waals surface area contributed by atoms with Gasteiger partial charge < -0.3 is 10.0 Å². The molecule has 98 valence electrons. The first-order valence-corrected chi connectivity index (χ1v) is 7.10. The van der Waals surface area contributed by atoms with Crippen molar-refractivity contribution in [1.82, 2.24) is 4.90 Å². The second-order valence-electron chi connectivity index (χ2n) is 6.04. The van der Waals surface area contributed by atoms with Gasteiger partial charge in [-0.3, -0.25) is 4.79 Å². The fourth-order valence-corrected chi connectivity index (χ4v) is 3.24. The predicted molar refractivity (Wildman–Crippen MR) is 67.9 cm³/mol. The van der Waals surface area contributed by atoms with Gasteiger partial charge in [0.2, 0.25) is 0 Å². The van der Waals surface area contributed by atoms with E-state index in [2.05, 4.69) is 11.8 Å². The fraction of sp³-hybridized carbons (Fsp3) is 0.929. The van der Waals surface area contributed by atoms with Gasteiger partial charge in [0.05, 0.1) is 5.92 Å². The lowest BCUT2D eigenvalue weighted by molar-refractivity contribution is -0.143. The van der Waals surface area contributed by atoms with Crippen molar-refractivity contribution in [3.63, 3.8) is 0 Å². The number of nitrogens with zero attached hydrogens (tertiary/aromatic N) is 1. The van der Waals surface area contributed by atoms with E-state index < -0.39 is 5.97 Å². The minimum absolute atomic E-state index is 0.0855. The Kier molecular flexibility index (Phi) is 4.43. The number of hydrogen-bond donors (Lipinski definition) is 1. The van der Waals surface area contributed by atoms with Crippen LogP contribution in [0.4, 0.5) is 0 Å². The van der Waals surface area contributed by atoms with E-state index in [9.17, 15) is 4.79 Å². The Bertz CT molecular complexity index is 251. The van der Waals surface area contributed by atoms with Crippen LogP contribution in [0.1, 0.15) is 45.4 Å². The van der Waals surface area contributed by atoms with E-state index in [1.54, 1.807) is 0 Å². The molecule has 2 aliphatic rings. The number of rotatable bonds is 3. The van der Waals surface area contributed by atoms with Gasteiger partial charge in [0.25, 0.3) is 0 Å². The highest BCUT2D eigenvalue weighted by Gasteiger charge is 2.26. The monoisotopic (exact) mass is 239 g/mol. The van der Waals surface area contributed by atoms with Crippen molar-refractivity contribution in [1.29, 1.82) is 0 Å². The van der Waals surface area contributed by atoms with Crippen LogP contribution in [0.2, 0.25) is 0 Å². The number of hydrogen-bond acceptors (Lipinski definition) is 2. The maximum Gasteiger partial charge on any atom is 0.306 e. The first-order valence-electron chi connectivity index (χ1n) is 7.10. The molecule has 3 nitrogen and oxygen atoms in total. The molecular weight excluding hydrogens is 214 g/mol. The van der Waals surface area contributed by atoms with Gasteiger partial charge in [-0.15, -0.1) is 0 Å². The molecule has 1 saturated heterocycles. The predicted octanol–water partition coefficient (Wildman–Crippen LogP) is 2.61. The average molecular weight is 239 g/mol. The van der Waals surface area contributed by atoms with Gasteiger partial charge in [0.1, 0.15) is 0 Å². The van der Waals surface area contributed by atoms with Crippen molar-refractivity contribution < 1.29 is 9.90 Å². The summed E-state index contributed by atoms with van der Waals surface area (Å²) in [5.74, 6) is 1.10. The van der Waals surface area contributed by atoms with Gasteiger partial charge in [-0.25, -0.2) is 0 Å². The number of piperidine rings is 1. The molecule has 0 unspecified atom stereocenters. The molecule has 1 heterocycles. The highest BCUT2D eigenvalue weighted by atomic mass is 16.4. The lowest BCUT2D eigenvalue weighted by Gasteiger charge is -2.35. The van der Waals surface area contributed by atoms with E-state index in [0.717, 1.165) is 37.8 Å². The SMILES string of the molecule is CC1CCC(CN2CCC(C(=O)O)CC2)CC1. The Labute approximate surface area is 104 Å². The zero-order chi connectivity index (χ0) is 12.3. The van der Waals surface area contributed by atoms with E-state index >= 15 is 0 Å². The Balaban J connectivity index is 1.69. The summed E-state index contributed by atoms with van der Waals surface area (Å²) in [5.41, 5.74) is 0. The van der Waals surface area contributed by atoms with E-state index in [1.165, 1.54) is 32.2 Å². The van der Waals surface area contributed by atoms with Crippen molar-refractivity contribution in [3.05, 3.63) is 0 Å². The lowest BCUT2D eigenvalue weighted by Crippen LogP contribution is -2.39. The second-order valence-corrected chi connectivity index (χ2v) is 6.04. The van der Waals surface area contributed by atoms with Crippen LogP contribution in [-0.2, 0) is 4.79 Å². The number of carboxylic acid groups (broad SMARTS) is 1. The minimum Gasteiger partial charge on any atom is -0.481 e. The highest BCUT2D eigenvalue weighted by Crippen LogP contribution is 2.29. The molecule has 1 aliphatic carbocycles. The van der Waals surface area contributed by atoms with Gasteiger partial charge in [0, 0.05) is 6.54 Å². The largest absolute Gasteiger partial charge is 0.481 e. The van der Waals surface area contributed by atoms with Gasteiger partial charge in [-0.2, -0.15) is 0 Å². The molecule has 0 aromatic heterocycles. The number of likely N-dealkylation sites (tertiary alicyclic amines) is 1. The number of carboxylic acids is 1. The minimum atomic E-state index is -0.601. The lowest BCUT2D eigenvalue weighted by atomic mass is 9.82. The summed E-state index contributed by atoms with van der Waals surface area (Å²) in [4.78, 5) is 13.4. The third kappa shape index (κ3) is 3.70. The van der Waals surface area contributed by atoms with Gasteiger partial charge in [-0.1, -0.05) is 19.8 Å². The maximum atomic E-state index is 10.9. The fourth-order valence-electron chi connectivity index (χ4n) is 3.24. The molecule has 3 heteroatoms. The number of aliphatic carboxylic acids is 1. The average Bonchev–Trinajstić information content (AvgIpc) is 2.33. The molecule has 0 aromatic rings. The Morgan fingerprint density at radius 3 is 2.24 bits per heavy atom. The van der Waals surface area contributed by atoms with Crippen molar-refractivity contribution in [2.45, 2.75) is 45.4 Å². The van der Waals surface area contributed by atoms with Gasteiger partial charge in [-0.05, 0) is 50.6 Å². The molecule has 1 aliphatic heterocycles. The van der Waals surface area contributed by atoms with Crippen LogP contribution in [0.3, 0.4) is 0 Å². The summed E-state index contributed by atoms with van der Waals surface area (Å²) in [6.45, 7) is 5.54. The molecule has 0 atom stereocenters. The first-order chi connectivity index (χ1) is 8.15. The molecule has 0 bridgehead atoms. The molecule has 0 radical (unpaired) electrons. The smallest absolute Gasteiger partial charge is 0.306 e. The zero-order valence-electron chi connectivity index (χ0n) is 10.9. The van der Waals surface area contributed by atoms with E-state index in [1.807, 2.05) is 0 Å². The summed E-state index contributed by atoms with van der Waals surface area (Å²) in [6, 6.07) is 0. The summed E-state index contributed by atoms with van der Waals surface area (Å²) in [7, 11) is 0. The third-order valence-electron chi connectivity index (χ3n) is 4.59. The molecule has 0 aromatic carbocycles. The molecule has 17 heavy (non-hydrogen) atoms. The van der Waals surface area contributed by atoms with Gasteiger partial charge >= 0.3 is 5.97 Å². The van der Waals surface area contributed by atoms with E-state index in [0.29, 0.717) is 0 Å². The van der Waals surface area contributed by atoms with Crippen LogP contribution >= 0.6 is 0 Å². The summed E-state index contributed by atoms with van der Waals surface area (Å²) in [6.07, 6.45) is 7.21. The van der Waals surface area contributed by atoms with E-state index in [4.69, 9.17) is 5.11 Å². The maximum absolute atomic E-state index is 10.9. The van der Waals surface area contributed by atoms with Crippen LogP contribution in [0.25, 0.3) is 0 Å². The summed E-state index contributed by atoms with van der Waals surface area (Å²) in [5, 5.41) is 8.96. The molecule has 1 saturated carbocycles. The summed E-state index contributed by atoms with van der Waals surface area (Å²) >= 11 is 0. The van der Waals surface area contributed by atoms with Crippen LogP contribution < -0.4 is 0 Å². The van der Waals surface area contributed by atoms with Crippen LogP contribution in [0.5, 0.6) is 0 Å². The van der Waals surface area contributed by atoms with Gasteiger partial charge in [0.15, 0.2) is 0 Å². The zero-order valence-corrected chi connectivity index (χ0v) is 10.9. The third-order valence-corrected chi connectivity index (χ3v) is 4.59. The van der Waals surface area contributed by atoms with Crippen molar-refractivity contribution in [2.75, 3.05) is 19.6 Å². The molecule has 1 N–H and O–H groups in total. The standard InChI is InChI=1S/C14H25NO2/c1-11-2-4-12(5-3-11)10-15-8-6-13(7-9-15)14(16)17/h11-13H,2-10H2,1H3,(H,16,17). The topological polar surface area (TPSA) is 40.5 Å². The molecular formula is C14H25NO2. The molecule has 0 spiro atoms. The molecule has 2 rings (SSSR count).